The van der Waals surface area contributed by atoms with Crippen LogP contribution in [0.15, 0.2) is 29.2 Å². The predicted octanol–water partition coefficient (Wildman–Crippen LogP) is 2.67. The highest BCUT2D eigenvalue weighted by atomic mass is 32.2. The first-order valence-corrected chi connectivity index (χ1v) is 7.27. The van der Waals surface area contributed by atoms with Gasteiger partial charge >= 0.3 is 5.97 Å². The van der Waals surface area contributed by atoms with E-state index < -0.39 is 5.97 Å². The van der Waals surface area contributed by atoms with Gasteiger partial charge in [0, 0.05) is 29.5 Å². The number of nitrogens with zero attached hydrogens (tertiary/aromatic N) is 1. The van der Waals surface area contributed by atoms with E-state index in [4.69, 9.17) is 5.11 Å². The molecule has 0 aromatic heterocycles. The summed E-state index contributed by atoms with van der Waals surface area (Å²) in [6.45, 7) is 1.87. The molecule has 18 heavy (non-hydrogen) atoms. The van der Waals surface area contributed by atoms with Crippen molar-refractivity contribution in [1.82, 2.24) is 4.90 Å². The number of hydrogen-bond acceptors (Lipinski definition) is 3. The number of carboxylic acids is 1. The molecule has 1 aromatic carbocycles. The number of thioether (sulfide) groups is 1. The van der Waals surface area contributed by atoms with Crippen LogP contribution in [-0.4, -0.2) is 41.9 Å². The van der Waals surface area contributed by atoms with Gasteiger partial charge in [0.1, 0.15) is 0 Å². The summed E-state index contributed by atoms with van der Waals surface area (Å²) in [5, 5.41) is 8.62. The monoisotopic (exact) mass is 265 g/mol. The minimum Gasteiger partial charge on any atom is -0.481 e. The number of aliphatic carboxylic acids is 1. The third kappa shape index (κ3) is 3.50. The summed E-state index contributed by atoms with van der Waals surface area (Å²) in [4.78, 5) is 14.1. The van der Waals surface area contributed by atoms with Crippen molar-refractivity contribution in [2.45, 2.75) is 23.7 Å². The van der Waals surface area contributed by atoms with Crippen molar-refractivity contribution in [3.05, 3.63) is 29.8 Å². The van der Waals surface area contributed by atoms with Crippen molar-refractivity contribution in [3.63, 3.8) is 0 Å². The van der Waals surface area contributed by atoms with E-state index in [0.29, 0.717) is 5.92 Å². The molecule has 1 aliphatic rings. The van der Waals surface area contributed by atoms with Crippen molar-refractivity contribution < 1.29 is 9.90 Å². The summed E-state index contributed by atoms with van der Waals surface area (Å²) in [6.07, 6.45) is 0.994. The molecule has 1 atom stereocenters. The zero-order valence-electron chi connectivity index (χ0n) is 10.6. The Balaban J connectivity index is 1.82. The summed E-state index contributed by atoms with van der Waals surface area (Å²) < 4.78 is 0. The topological polar surface area (TPSA) is 40.5 Å². The predicted molar refractivity (Wildman–Crippen MR) is 74.3 cm³/mol. The van der Waals surface area contributed by atoms with E-state index in [1.807, 2.05) is 11.8 Å². The summed E-state index contributed by atoms with van der Waals surface area (Å²) in [6, 6.07) is 8.59. The van der Waals surface area contributed by atoms with Crippen LogP contribution < -0.4 is 0 Å². The van der Waals surface area contributed by atoms with Gasteiger partial charge in [-0.05, 0) is 31.6 Å². The van der Waals surface area contributed by atoms with Gasteiger partial charge in [0.15, 0.2) is 0 Å². The molecular weight excluding hydrogens is 246 g/mol. The molecule has 1 aromatic rings. The van der Waals surface area contributed by atoms with Gasteiger partial charge in [-0.1, -0.05) is 18.2 Å². The first-order chi connectivity index (χ1) is 8.66. The van der Waals surface area contributed by atoms with E-state index in [0.717, 1.165) is 25.3 Å². The fourth-order valence-corrected chi connectivity index (χ4v) is 3.59. The highest BCUT2D eigenvalue weighted by molar-refractivity contribution is 7.99. The molecule has 98 valence electrons. The van der Waals surface area contributed by atoms with Crippen LogP contribution in [0.1, 0.15) is 24.3 Å². The van der Waals surface area contributed by atoms with E-state index in [1.54, 1.807) is 0 Å². The molecule has 0 fully saturated rings. The quantitative estimate of drug-likeness (QED) is 0.858. The molecule has 0 bridgehead atoms. The molecule has 0 saturated carbocycles. The lowest BCUT2D eigenvalue weighted by atomic mass is 10.0. The number of carboxylic acid groups (broad SMARTS) is 1. The molecule has 0 aliphatic carbocycles. The van der Waals surface area contributed by atoms with Gasteiger partial charge in [-0.2, -0.15) is 0 Å². The summed E-state index contributed by atoms with van der Waals surface area (Å²) in [5.41, 5.74) is 1.45. The third-order valence-electron chi connectivity index (χ3n) is 3.26. The number of likely N-dealkylation sites (N-methyl/N-ethyl adjacent to an activating group) is 1. The van der Waals surface area contributed by atoms with Gasteiger partial charge in [-0.3, -0.25) is 4.79 Å². The molecular formula is C14H19NO2S. The minimum atomic E-state index is -0.704. The average molecular weight is 265 g/mol. The maximum absolute atomic E-state index is 10.5. The fourth-order valence-electron chi connectivity index (χ4n) is 2.35. The normalized spacial score (nSPS) is 18.0. The lowest BCUT2D eigenvalue weighted by molar-refractivity contribution is -0.137. The van der Waals surface area contributed by atoms with Crippen molar-refractivity contribution in [1.29, 1.82) is 0 Å². The second kappa shape index (κ2) is 6.25. The highest BCUT2D eigenvalue weighted by Gasteiger charge is 2.23. The average Bonchev–Trinajstić information content (AvgIpc) is 2.72. The maximum Gasteiger partial charge on any atom is 0.303 e. The SMILES string of the molecule is CN(CCCC(=O)O)CC1CSc2ccccc21. The molecule has 0 spiro atoms. The molecule has 0 saturated heterocycles. The number of hydrogen-bond donors (Lipinski definition) is 1. The van der Waals surface area contributed by atoms with Crippen molar-refractivity contribution in [2.24, 2.45) is 0 Å². The van der Waals surface area contributed by atoms with Gasteiger partial charge in [-0.25, -0.2) is 0 Å². The van der Waals surface area contributed by atoms with E-state index >= 15 is 0 Å². The lowest BCUT2D eigenvalue weighted by Crippen LogP contribution is -2.26. The standard InChI is InChI=1S/C14H19NO2S/c1-15(8-4-7-14(16)17)9-11-10-18-13-6-3-2-5-12(11)13/h2-3,5-6,11H,4,7-10H2,1H3,(H,16,17). The first-order valence-electron chi connectivity index (χ1n) is 6.29. The molecule has 0 amide bonds. The molecule has 3 nitrogen and oxygen atoms in total. The van der Waals surface area contributed by atoms with Gasteiger partial charge < -0.3 is 10.0 Å². The largest absolute Gasteiger partial charge is 0.481 e. The fraction of sp³-hybridized carbons (Fsp3) is 0.500. The highest BCUT2D eigenvalue weighted by Crippen LogP contribution is 2.39. The van der Waals surface area contributed by atoms with Gasteiger partial charge in [0.05, 0.1) is 0 Å². The molecule has 4 heteroatoms. The number of benzene rings is 1. The molecule has 2 rings (SSSR count). The van der Waals surface area contributed by atoms with Crippen LogP contribution in [0.25, 0.3) is 0 Å². The number of carbonyl (C=O) groups is 1. The second-order valence-corrected chi connectivity index (χ2v) is 5.87. The van der Waals surface area contributed by atoms with E-state index in [-0.39, 0.29) is 6.42 Å². The van der Waals surface area contributed by atoms with Gasteiger partial charge in [-0.15, -0.1) is 11.8 Å². The van der Waals surface area contributed by atoms with E-state index in [1.165, 1.54) is 10.5 Å². The van der Waals surface area contributed by atoms with Gasteiger partial charge in [0.25, 0.3) is 0 Å². The van der Waals surface area contributed by atoms with Crippen molar-refractivity contribution in [3.8, 4) is 0 Å². The van der Waals surface area contributed by atoms with E-state index in [9.17, 15) is 4.79 Å². The van der Waals surface area contributed by atoms with Crippen LogP contribution in [0.3, 0.4) is 0 Å². The lowest BCUT2D eigenvalue weighted by Gasteiger charge is -2.20. The van der Waals surface area contributed by atoms with Crippen molar-refractivity contribution >= 4 is 17.7 Å². The molecule has 1 heterocycles. The van der Waals surface area contributed by atoms with Crippen LogP contribution >= 0.6 is 11.8 Å². The first kappa shape index (κ1) is 13.4. The Hall–Kier alpha value is -1.00. The Bertz CT molecular complexity index is 422. The molecule has 1 unspecified atom stereocenters. The third-order valence-corrected chi connectivity index (χ3v) is 4.51. The Morgan fingerprint density at radius 3 is 3.06 bits per heavy atom. The summed E-state index contributed by atoms with van der Waals surface area (Å²) in [7, 11) is 2.08. The van der Waals surface area contributed by atoms with Crippen LogP contribution in [0.5, 0.6) is 0 Å². The molecule has 1 N–H and O–H groups in total. The number of rotatable bonds is 6. The van der Waals surface area contributed by atoms with Crippen LogP contribution in [0, 0.1) is 0 Å². The Kier molecular flexibility index (Phi) is 4.66. The smallest absolute Gasteiger partial charge is 0.303 e. The van der Waals surface area contributed by atoms with Crippen molar-refractivity contribution in [2.75, 3.05) is 25.9 Å². The van der Waals surface area contributed by atoms with Gasteiger partial charge in [0.2, 0.25) is 0 Å². The summed E-state index contributed by atoms with van der Waals surface area (Å²) in [5.74, 6) is 1.02. The van der Waals surface area contributed by atoms with Crippen LogP contribution in [-0.2, 0) is 4.79 Å². The van der Waals surface area contributed by atoms with Crippen LogP contribution in [0.2, 0.25) is 0 Å². The second-order valence-electron chi connectivity index (χ2n) is 4.81. The maximum atomic E-state index is 10.5. The van der Waals surface area contributed by atoms with Crippen LogP contribution in [0.4, 0.5) is 0 Å². The molecule has 0 radical (unpaired) electrons. The summed E-state index contributed by atoms with van der Waals surface area (Å²) >= 11 is 1.93. The Morgan fingerprint density at radius 2 is 2.28 bits per heavy atom. The zero-order valence-corrected chi connectivity index (χ0v) is 11.4. The zero-order chi connectivity index (χ0) is 13.0. The Morgan fingerprint density at radius 1 is 1.50 bits per heavy atom. The Labute approximate surface area is 112 Å². The number of fused-ring (bicyclic) bond motifs is 1. The van der Waals surface area contributed by atoms with E-state index in [2.05, 4.69) is 36.2 Å². The minimum absolute atomic E-state index is 0.264. The molecule has 1 aliphatic heterocycles.